The van der Waals surface area contributed by atoms with E-state index >= 15 is 0 Å². The standard InChI is InChI=1S/C13H15N3/c14-12-9-5-1-2-6-10(9)16-11-7-3-4-8-15-13(11)12/h1-2,5-6,15H,3-4,7-8H2,(H2,14,16). The summed E-state index contributed by atoms with van der Waals surface area (Å²) in [7, 11) is 0. The second-order valence-corrected chi connectivity index (χ2v) is 4.25. The van der Waals surface area contributed by atoms with Crippen molar-refractivity contribution in [2.45, 2.75) is 19.3 Å². The lowest BCUT2D eigenvalue weighted by Crippen LogP contribution is -2.05. The van der Waals surface area contributed by atoms with E-state index in [1.807, 2.05) is 24.3 Å². The molecule has 82 valence electrons. The van der Waals surface area contributed by atoms with Crippen molar-refractivity contribution >= 4 is 22.3 Å². The molecule has 0 bridgehead atoms. The first-order valence-corrected chi connectivity index (χ1v) is 5.77. The van der Waals surface area contributed by atoms with Crippen molar-refractivity contribution in [3.63, 3.8) is 0 Å². The average molecular weight is 213 g/mol. The van der Waals surface area contributed by atoms with E-state index in [2.05, 4.69) is 5.32 Å². The fourth-order valence-electron chi connectivity index (χ4n) is 2.30. The summed E-state index contributed by atoms with van der Waals surface area (Å²) in [6.07, 6.45) is 3.40. The van der Waals surface area contributed by atoms with Crippen LogP contribution in [-0.4, -0.2) is 11.5 Å². The summed E-state index contributed by atoms with van der Waals surface area (Å²) in [5.74, 6) is 0. The summed E-state index contributed by atoms with van der Waals surface area (Å²) in [5, 5.41) is 4.45. The van der Waals surface area contributed by atoms with Crippen molar-refractivity contribution in [2.24, 2.45) is 0 Å². The summed E-state index contributed by atoms with van der Waals surface area (Å²) in [5.41, 5.74) is 10.2. The second-order valence-electron chi connectivity index (χ2n) is 4.25. The SMILES string of the molecule is Nc1c2c(nc3ccccc13)CCCCN2. The maximum atomic E-state index is 6.21. The first-order valence-electron chi connectivity index (χ1n) is 5.77. The molecule has 1 aromatic heterocycles. The lowest BCUT2D eigenvalue weighted by Gasteiger charge is -2.12. The minimum Gasteiger partial charge on any atom is -0.396 e. The number of anilines is 2. The summed E-state index contributed by atoms with van der Waals surface area (Å²) in [6, 6.07) is 8.07. The molecule has 2 heterocycles. The smallest absolute Gasteiger partial charge is 0.0799 e. The molecule has 0 unspecified atom stereocenters. The molecule has 3 nitrogen and oxygen atoms in total. The van der Waals surface area contributed by atoms with E-state index in [1.54, 1.807) is 0 Å². The van der Waals surface area contributed by atoms with Gasteiger partial charge in [0.2, 0.25) is 0 Å². The van der Waals surface area contributed by atoms with Crippen molar-refractivity contribution in [1.82, 2.24) is 4.98 Å². The number of aryl methyl sites for hydroxylation is 1. The molecule has 0 saturated carbocycles. The Bertz CT molecular complexity index is 534. The number of nitrogens with one attached hydrogen (secondary N) is 1. The zero-order valence-electron chi connectivity index (χ0n) is 9.16. The highest BCUT2D eigenvalue weighted by Gasteiger charge is 2.14. The van der Waals surface area contributed by atoms with E-state index in [9.17, 15) is 0 Å². The Kier molecular flexibility index (Phi) is 2.17. The summed E-state index contributed by atoms with van der Waals surface area (Å²) in [4.78, 5) is 4.69. The Hall–Kier alpha value is -1.77. The molecule has 16 heavy (non-hydrogen) atoms. The molecule has 0 atom stereocenters. The third kappa shape index (κ3) is 1.40. The number of pyridine rings is 1. The Labute approximate surface area is 94.7 Å². The van der Waals surface area contributed by atoms with E-state index in [0.29, 0.717) is 0 Å². The van der Waals surface area contributed by atoms with E-state index in [4.69, 9.17) is 10.7 Å². The Morgan fingerprint density at radius 3 is 3.00 bits per heavy atom. The van der Waals surface area contributed by atoms with Gasteiger partial charge in [-0.1, -0.05) is 18.2 Å². The normalized spacial score (nSPS) is 15.2. The number of nitrogens with two attached hydrogens (primary N) is 1. The predicted octanol–water partition coefficient (Wildman–Crippen LogP) is 2.57. The molecule has 0 saturated heterocycles. The number of fused-ring (bicyclic) bond motifs is 2. The molecule has 0 aliphatic carbocycles. The van der Waals surface area contributed by atoms with Crippen molar-refractivity contribution in [3.8, 4) is 0 Å². The third-order valence-corrected chi connectivity index (χ3v) is 3.15. The van der Waals surface area contributed by atoms with Crippen LogP contribution in [0.5, 0.6) is 0 Å². The number of hydrogen-bond acceptors (Lipinski definition) is 3. The molecule has 1 aliphatic heterocycles. The van der Waals surface area contributed by atoms with Gasteiger partial charge >= 0.3 is 0 Å². The fourth-order valence-corrected chi connectivity index (χ4v) is 2.30. The van der Waals surface area contributed by atoms with Crippen LogP contribution in [0.4, 0.5) is 11.4 Å². The highest BCUT2D eigenvalue weighted by atomic mass is 14.9. The van der Waals surface area contributed by atoms with Crippen molar-refractivity contribution < 1.29 is 0 Å². The van der Waals surface area contributed by atoms with Crippen LogP contribution in [0.3, 0.4) is 0 Å². The molecule has 3 N–H and O–H groups in total. The molecule has 1 aromatic carbocycles. The van der Waals surface area contributed by atoms with Crippen LogP contribution in [0.25, 0.3) is 10.9 Å². The molecular formula is C13H15N3. The van der Waals surface area contributed by atoms with Crippen LogP contribution < -0.4 is 11.1 Å². The maximum absolute atomic E-state index is 6.21. The molecule has 1 aliphatic rings. The van der Waals surface area contributed by atoms with E-state index in [0.717, 1.165) is 40.9 Å². The van der Waals surface area contributed by atoms with Gasteiger partial charge in [-0.15, -0.1) is 0 Å². The molecule has 0 spiro atoms. The first-order chi connectivity index (χ1) is 7.86. The largest absolute Gasteiger partial charge is 0.396 e. The van der Waals surface area contributed by atoms with Gasteiger partial charge in [0.05, 0.1) is 22.6 Å². The summed E-state index contributed by atoms with van der Waals surface area (Å²) in [6.45, 7) is 0.997. The summed E-state index contributed by atoms with van der Waals surface area (Å²) < 4.78 is 0. The molecule has 3 rings (SSSR count). The van der Waals surface area contributed by atoms with Gasteiger partial charge in [-0.2, -0.15) is 0 Å². The van der Waals surface area contributed by atoms with Gasteiger partial charge in [0.15, 0.2) is 0 Å². The minimum atomic E-state index is 0.850. The highest BCUT2D eigenvalue weighted by Crippen LogP contribution is 2.32. The number of nitrogen functional groups attached to an aromatic ring is 1. The third-order valence-electron chi connectivity index (χ3n) is 3.15. The topological polar surface area (TPSA) is 50.9 Å². The molecule has 0 radical (unpaired) electrons. The molecular weight excluding hydrogens is 198 g/mol. The van der Waals surface area contributed by atoms with Crippen LogP contribution in [-0.2, 0) is 6.42 Å². The van der Waals surface area contributed by atoms with Crippen LogP contribution in [0.15, 0.2) is 24.3 Å². The quantitative estimate of drug-likeness (QED) is 0.707. The fraction of sp³-hybridized carbons (Fsp3) is 0.308. The van der Waals surface area contributed by atoms with E-state index < -0.39 is 0 Å². The highest BCUT2D eigenvalue weighted by molar-refractivity contribution is 5.97. The van der Waals surface area contributed by atoms with Crippen LogP contribution in [0, 0.1) is 0 Å². The first kappa shape index (κ1) is 9.46. The molecule has 2 aromatic rings. The number of nitrogens with zero attached hydrogens (tertiary/aromatic N) is 1. The van der Waals surface area contributed by atoms with Crippen LogP contribution >= 0.6 is 0 Å². The number of para-hydroxylation sites is 1. The number of aromatic nitrogens is 1. The number of benzene rings is 1. The van der Waals surface area contributed by atoms with Crippen molar-refractivity contribution in [3.05, 3.63) is 30.0 Å². The van der Waals surface area contributed by atoms with Gasteiger partial charge in [0, 0.05) is 11.9 Å². The lowest BCUT2D eigenvalue weighted by molar-refractivity contribution is 0.776. The lowest BCUT2D eigenvalue weighted by atomic mass is 10.1. The van der Waals surface area contributed by atoms with Gasteiger partial charge in [0.25, 0.3) is 0 Å². The maximum Gasteiger partial charge on any atom is 0.0799 e. The van der Waals surface area contributed by atoms with Crippen LogP contribution in [0.1, 0.15) is 18.5 Å². The Morgan fingerprint density at radius 1 is 1.19 bits per heavy atom. The molecule has 3 heteroatoms. The van der Waals surface area contributed by atoms with Crippen molar-refractivity contribution in [2.75, 3.05) is 17.6 Å². The zero-order chi connectivity index (χ0) is 11.0. The van der Waals surface area contributed by atoms with Gasteiger partial charge in [-0.05, 0) is 25.3 Å². The average Bonchev–Trinajstić information content (AvgIpc) is 2.55. The van der Waals surface area contributed by atoms with Gasteiger partial charge in [-0.25, -0.2) is 0 Å². The van der Waals surface area contributed by atoms with Crippen molar-refractivity contribution in [1.29, 1.82) is 0 Å². The summed E-state index contributed by atoms with van der Waals surface area (Å²) >= 11 is 0. The number of rotatable bonds is 0. The minimum absolute atomic E-state index is 0.850. The number of hydrogen-bond donors (Lipinski definition) is 2. The Balaban J connectivity index is 2.29. The van der Waals surface area contributed by atoms with Gasteiger partial charge in [0.1, 0.15) is 0 Å². The molecule has 0 fully saturated rings. The predicted molar refractivity (Wildman–Crippen MR) is 67.6 cm³/mol. The van der Waals surface area contributed by atoms with Crippen LogP contribution in [0.2, 0.25) is 0 Å². The zero-order valence-corrected chi connectivity index (χ0v) is 9.16. The van der Waals surface area contributed by atoms with Gasteiger partial charge in [-0.3, -0.25) is 4.98 Å². The second kappa shape index (κ2) is 3.67. The Morgan fingerprint density at radius 2 is 2.06 bits per heavy atom. The monoisotopic (exact) mass is 213 g/mol. The van der Waals surface area contributed by atoms with Gasteiger partial charge < -0.3 is 11.1 Å². The van der Waals surface area contributed by atoms with E-state index in [1.165, 1.54) is 12.8 Å². The molecule has 0 amide bonds. The van der Waals surface area contributed by atoms with E-state index in [-0.39, 0.29) is 0 Å².